The highest BCUT2D eigenvalue weighted by Crippen LogP contribution is 2.34. The van der Waals surface area contributed by atoms with Crippen molar-refractivity contribution in [2.24, 2.45) is 13.0 Å². The van der Waals surface area contributed by atoms with Crippen LogP contribution in [0.15, 0.2) is 30.6 Å². The maximum Gasteiger partial charge on any atom is 0.416 e. The van der Waals surface area contributed by atoms with Gasteiger partial charge >= 0.3 is 6.18 Å². The van der Waals surface area contributed by atoms with Gasteiger partial charge in [-0.05, 0) is 38.0 Å². The summed E-state index contributed by atoms with van der Waals surface area (Å²) in [6.07, 6.45) is 0.0525. The van der Waals surface area contributed by atoms with Gasteiger partial charge in [0.2, 0.25) is 0 Å². The Labute approximate surface area is 176 Å². The van der Waals surface area contributed by atoms with Crippen LogP contribution in [0.1, 0.15) is 46.5 Å². The molecule has 0 radical (unpaired) electrons. The van der Waals surface area contributed by atoms with Gasteiger partial charge in [-0.1, -0.05) is 0 Å². The fourth-order valence-electron chi connectivity index (χ4n) is 3.82. The summed E-state index contributed by atoms with van der Waals surface area (Å²) in [7, 11) is 1.73. The lowest BCUT2D eigenvalue weighted by Crippen LogP contribution is -2.38. The van der Waals surface area contributed by atoms with Gasteiger partial charge in [0, 0.05) is 25.8 Å². The zero-order chi connectivity index (χ0) is 22.2. The highest BCUT2D eigenvalue weighted by molar-refractivity contribution is 5.92. The molecule has 7 nitrogen and oxygen atoms in total. The maximum atomic E-state index is 13.1. The van der Waals surface area contributed by atoms with E-state index in [0.717, 1.165) is 25.0 Å². The van der Waals surface area contributed by atoms with Crippen LogP contribution in [0.3, 0.4) is 0 Å². The van der Waals surface area contributed by atoms with Crippen molar-refractivity contribution in [2.45, 2.75) is 32.0 Å². The number of carbonyl (C=O) groups is 1. The zero-order valence-corrected chi connectivity index (χ0v) is 17.1. The van der Waals surface area contributed by atoms with Crippen molar-refractivity contribution in [1.29, 1.82) is 0 Å². The molecule has 1 aliphatic rings. The molecule has 1 aromatic carbocycles. The number of imidazole rings is 1. The van der Waals surface area contributed by atoms with Gasteiger partial charge in [0.15, 0.2) is 0 Å². The molecule has 1 aliphatic heterocycles. The predicted molar refractivity (Wildman–Crippen MR) is 106 cm³/mol. The third kappa shape index (κ3) is 4.39. The van der Waals surface area contributed by atoms with Crippen LogP contribution in [0.5, 0.6) is 0 Å². The lowest BCUT2D eigenvalue weighted by atomic mass is 9.93. The Balaban J connectivity index is 1.72. The second-order valence-corrected chi connectivity index (χ2v) is 7.70. The van der Waals surface area contributed by atoms with Gasteiger partial charge in [-0.15, -0.1) is 0 Å². The summed E-state index contributed by atoms with van der Waals surface area (Å²) in [5, 5.41) is 2.96. The molecule has 0 aliphatic carbocycles. The molecule has 0 spiro atoms. The summed E-state index contributed by atoms with van der Waals surface area (Å²) >= 11 is 0. The summed E-state index contributed by atoms with van der Waals surface area (Å²) in [6, 6.07) is 2.91. The lowest BCUT2D eigenvalue weighted by Gasteiger charge is -2.30. The van der Waals surface area contributed by atoms with Gasteiger partial charge in [0.25, 0.3) is 5.91 Å². The Hall–Kier alpha value is -3.01. The van der Waals surface area contributed by atoms with E-state index in [0.29, 0.717) is 30.2 Å². The number of rotatable bonds is 4. The molecule has 2 aromatic heterocycles. The van der Waals surface area contributed by atoms with Crippen molar-refractivity contribution >= 4 is 16.9 Å². The van der Waals surface area contributed by atoms with Crippen molar-refractivity contribution in [1.82, 2.24) is 24.8 Å². The minimum absolute atomic E-state index is 0.0753. The number of amides is 1. The molecule has 0 saturated carbocycles. The Bertz CT molecular complexity index is 1090. The van der Waals surface area contributed by atoms with Crippen LogP contribution in [0.2, 0.25) is 0 Å². The minimum atomic E-state index is -4.46. The van der Waals surface area contributed by atoms with E-state index >= 15 is 0 Å². The summed E-state index contributed by atoms with van der Waals surface area (Å²) in [5.74, 6) is -0.0296. The van der Waals surface area contributed by atoms with Crippen LogP contribution in [0.25, 0.3) is 11.0 Å². The molecule has 1 N–H and O–H groups in total. The van der Waals surface area contributed by atoms with E-state index in [9.17, 15) is 18.0 Å². The third-order valence-corrected chi connectivity index (χ3v) is 5.49. The number of hydrogen-bond donors (Lipinski definition) is 1. The Morgan fingerprint density at radius 2 is 2.10 bits per heavy atom. The molecule has 1 saturated heterocycles. The first-order chi connectivity index (χ1) is 14.7. The minimum Gasteiger partial charge on any atom is -0.381 e. The monoisotopic (exact) mass is 433 g/mol. The number of fused-ring (bicyclic) bond motifs is 1. The van der Waals surface area contributed by atoms with Gasteiger partial charge in [-0.25, -0.2) is 9.97 Å². The Kier molecular flexibility index (Phi) is 5.65. The zero-order valence-electron chi connectivity index (χ0n) is 17.1. The Morgan fingerprint density at radius 1 is 1.29 bits per heavy atom. The Morgan fingerprint density at radius 3 is 2.74 bits per heavy atom. The predicted octanol–water partition coefficient (Wildman–Crippen LogP) is 3.59. The van der Waals surface area contributed by atoms with Crippen LogP contribution in [-0.2, 0) is 18.0 Å². The molecule has 3 aromatic rings. The SMILES string of the molecule is Cc1cnc(C(=O)N[C@H](c2nc3cc(C(F)(F)F)ccc3n2C)[C@H]2CCCOC2)cn1. The van der Waals surface area contributed by atoms with E-state index in [1.807, 2.05) is 0 Å². The molecule has 0 unspecified atom stereocenters. The number of halogens is 3. The fourth-order valence-corrected chi connectivity index (χ4v) is 3.82. The third-order valence-electron chi connectivity index (χ3n) is 5.49. The first-order valence-corrected chi connectivity index (χ1v) is 9.95. The average molecular weight is 433 g/mol. The van der Waals surface area contributed by atoms with Crippen molar-refractivity contribution in [3.63, 3.8) is 0 Å². The summed E-state index contributed by atoms with van der Waals surface area (Å²) in [4.78, 5) is 25.6. The normalized spacial score (nSPS) is 18.2. The number of ether oxygens (including phenoxy) is 1. The molecule has 31 heavy (non-hydrogen) atoms. The fraction of sp³-hybridized carbons (Fsp3) is 0.429. The molecular weight excluding hydrogens is 411 g/mol. The van der Waals surface area contributed by atoms with Crippen molar-refractivity contribution < 1.29 is 22.7 Å². The van der Waals surface area contributed by atoms with E-state index in [2.05, 4.69) is 20.3 Å². The number of nitrogens with one attached hydrogen (secondary N) is 1. The largest absolute Gasteiger partial charge is 0.416 e. The smallest absolute Gasteiger partial charge is 0.381 e. The molecule has 4 rings (SSSR count). The molecule has 2 atom stereocenters. The summed E-state index contributed by atoms with van der Waals surface area (Å²) < 4.78 is 46.7. The molecule has 10 heteroatoms. The molecule has 3 heterocycles. The number of alkyl halides is 3. The molecule has 1 amide bonds. The first-order valence-electron chi connectivity index (χ1n) is 9.95. The number of benzene rings is 1. The quantitative estimate of drug-likeness (QED) is 0.680. The molecular formula is C21H22F3N5O2. The molecule has 164 valence electrons. The average Bonchev–Trinajstić information content (AvgIpc) is 3.08. The van der Waals surface area contributed by atoms with Crippen molar-refractivity contribution in [3.8, 4) is 0 Å². The summed E-state index contributed by atoms with van der Waals surface area (Å²) in [5.41, 5.74) is 0.851. The van der Waals surface area contributed by atoms with Gasteiger partial charge < -0.3 is 14.6 Å². The van der Waals surface area contributed by atoms with Crippen molar-refractivity contribution in [2.75, 3.05) is 13.2 Å². The number of nitrogens with zero attached hydrogens (tertiary/aromatic N) is 4. The molecule has 0 bridgehead atoms. The topological polar surface area (TPSA) is 81.9 Å². The second kappa shape index (κ2) is 8.26. The van der Waals surface area contributed by atoms with Crippen molar-refractivity contribution in [3.05, 3.63) is 53.4 Å². The van der Waals surface area contributed by atoms with Crippen LogP contribution in [0.4, 0.5) is 13.2 Å². The van der Waals surface area contributed by atoms with Crippen LogP contribution in [0, 0.1) is 12.8 Å². The van der Waals surface area contributed by atoms with Gasteiger partial charge in [-0.2, -0.15) is 13.2 Å². The van der Waals surface area contributed by atoms with Crippen LogP contribution in [-0.4, -0.2) is 38.6 Å². The van der Waals surface area contributed by atoms with Gasteiger partial charge in [0.05, 0.1) is 41.1 Å². The van der Waals surface area contributed by atoms with Crippen LogP contribution >= 0.6 is 0 Å². The molecule has 1 fully saturated rings. The van der Waals surface area contributed by atoms with E-state index in [1.165, 1.54) is 18.5 Å². The number of hydrogen-bond acceptors (Lipinski definition) is 5. The first kappa shape index (κ1) is 21.2. The summed E-state index contributed by atoms with van der Waals surface area (Å²) in [6.45, 7) is 2.82. The van der Waals surface area contributed by atoms with E-state index < -0.39 is 23.7 Å². The van der Waals surface area contributed by atoms with E-state index in [1.54, 1.807) is 18.5 Å². The number of aryl methyl sites for hydroxylation is 2. The van der Waals surface area contributed by atoms with Gasteiger partial charge in [0.1, 0.15) is 11.5 Å². The highest BCUT2D eigenvalue weighted by Gasteiger charge is 2.33. The second-order valence-electron chi connectivity index (χ2n) is 7.70. The lowest BCUT2D eigenvalue weighted by molar-refractivity contribution is -0.137. The number of carbonyl (C=O) groups excluding carboxylic acids is 1. The maximum absolute atomic E-state index is 13.1. The van der Waals surface area contributed by atoms with Crippen LogP contribution < -0.4 is 5.32 Å². The van der Waals surface area contributed by atoms with Gasteiger partial charge in [-0.3, -0.25) is 9.78 Å². The highest BCUT2D eigenvalue weighted by atomic mass is 19.4. The standard InChI is InChI=1S/C21H22F3N5O2/c1-12-9-26-16(10-25-12)20(30)28-18(13-4-3-7-31-11-13)19-27-15-8-14(21(22,23)24)5-6-17(15)29(19)2/h5-6,8-10,13,18H,3-4,7,11H2,1-2H3,(H,28,30)/t13-,18-/m0/s1. The van der Waals surface area contributed by atoms with E-state index in [-0.39, 0.29) is 17.1 Å². The number of aromatic nitrogens is 4. The van der Waals surface area contributed by atoms with E-state index in [4.69, 9.17) is 4.74 Å².